The first-order valence-corrected chi connectivity index (χ1v) is 7.65. The van der Waals surface area contributed by atoms with Crippen molar-refractivity contribution in [2.45, 2.75) is 18.6 Å². The number of rotatable bonds is 7. The van der Waals surface area contributed by atoms with Crippen molar-refractivity contribution >= 4 is 29.0 Å². The lowest BCUT2D eigenvalue weighted by Crippen LogP contribution is -2.12. The van der Waals surface area contributed by atoms with Crippen LogP contribution < -0.4 is 11.1 Å². The lowest BCUT2D eigenvalue weighted by Gasteiger charge is -2.07. The molecule has 0 saturated heterocycles. The Morgan fingerprint density at radius 3 is 2.85 bits per heavy atom. The highest BCUT2D eigenvalue weighted by Gasteiger charge is 2.04. The third-order valence-corrected chi connectivity index (χ3v) is 3.82. The Balaban J connectivity index is 1.62. The van der Waals surface area contributed by atoms with Crippen molar-refractivity contribution in [3.63, 3.8) is 0 Å². The number of anilines is 2. The minimum absolute atomic E-state index is 0.00139. The largest absolute Gasteiger partial charge is 0.468 e. The van der Waals surface area contributed by atoms with Crippen molar-refractivity contribution in [1.82, 2.24) is 0 Å². The number of nitrogens with one attached hydrogen (secondary N) is 1. The molecule has 0 radical (unpaired) electrons. The molecule has 0 aliphatic carbocycles. The van der Waals surface area contributed by atoms with Gasteiger partial charge in [-0.25, -0.2) is 0 Å². The Labute approximate surface area is 122 Å². The van der Waals surface area contributed by atoms with Gasteiger partial charge < -0.3 is 15.5 Å². The van der Waals surface area contributed by atoms with Gasteiger partial charge in [0.05, 0.1) is 23.4 Å². The summed E-state index contributed by atoms with van der Waals surface area (Å²) in [6.45, 7) is 0. The number of amides is 1. The minimum Gasteiger partial charge on any atom is -0.468 e. The molecule has 3 N–H and O–H groups in total. The second kappa shape index (κ2) is 7.65. The molecule has 1 amide bonds. The maximum atomic E-state index is 11.8. The number of nitrogen functional groups attached to an aromatic ring is 1. The molecule has 0 atom stereocenters. The van der Waals surface area contributed by atoms with Crippen molar-refractivity contribution in [3.05, 3.63) is 48.4 Å². The molecule has 2 rings (SSSR count). The average molecular weight is 290 g/mol. The number of furan rings is 1. The van der Waals surface area contributed by atoms with Gasteiger partial charge in [0.2, 0.25) is 5.91 Å². The summed E-state index contributed by atoms with van der Waals surface area (Å²) in [7, 11) is 0. The zero-order chi connectivity index (χ0) is 14.2. The molecule has 20 heavy (non-hydrogen) atoms. The van der Waals surface area contributed by atoms with Gasteiger partial charge in [-0.15, -0.1) is 0 Å². The molecule has 106 valence electrons. The molecule has 0 unspecified atom stereocenters. The fourth-order valence-electron chi connectivity index (χ4n) is 1.73. The van der Waals surface area contributed by atoms with E-state index in [0.717, 1.165) is 23.7 Å². The first-order valence-electron chi connectivity index (χ1n) is 6.50. The highest BCUT2D eigenvalue weighted by atomic mass is 32.2. The molecule has 1 aromatic carbocycles. The van der Waals surface area contributed by atoms with Crippen molar-refractivity contribution < 1.29 is 9.21 Å². The molecule has 0 bridgehead atoms. The van der Waals surface area contributed by atoms with Gasteiger partial charge in [0.1, 0.15) is 5.76 Å². The van der Waals surface area contributed by atoms with Crippen molar-refractivity contribution in [1.29, 1.82) is 0 Å². The Morgan fingerprint density at radius 1 is 1.25 bits per heavy atom. The fourth-order valence-corrected chi connectivity index (χ4v) is 2.58. The van der Waals surface area contributed by atoms with Crippen LogP contribution in [-0.2, 0) is 10.5 Å². The van der Waals surface area contributed by atoms with E-state index in [4.69, 9.17) is 10.2 Å². The molecule has 1 aromatic heterocycles. The van der Waals surface area contributed by atoms with E-state index in [0.29, 0.717) is 17.8 Å². The predicted octanol–water partition coefficient (Wildman–Crippen LogP) is 3.51. The van der Waals surface area contributed by atoms with Gasteiger partial charge in [-0.1, -0.05) is 12.1 Å². The van der Waals surface area contributed by atoms with E-state index < -0.39 is 0 Å². The van der Waals surface area contributed by atoms with Gasteiger partial charge in [-0.2, -0.15) is 11.8 Å². The van der Waals surface area contributed by atoms with Crippen LogP contribution in [0.2, 0.25) is 0 Å². The molecule has 1 heterocycles. The minimum atomic E-state index is 0.00139. The summed E-state index contributed by atoms with van der Waals surface area (Å²) in [5.41, 5.74) is 7.04. The van der Waals surface area contributed by atoms with E-state index in [2.05, 4.69) is 5.32 Å². The summed E-state index contributed by atoms with van der Waals surface area (Å²) in [5, 5.41) is 2.82. The lowest BCUT2D eigenvalue weighted by molar-refractivity contribution is -0.116. The number of hydrogen-bond donors (Lipinski definition) is 2. The smallest absolute Gasteiger partial charge is 0.224 e. The van der Waals surface area contributed by atoms with E-state index in [1.54, 1.807) is 30.2 Å². The number of hydrogen-bond acceptors (Lipinski definition) is 4. The summed E-state index contributed by atoms with van der Waals surface area (Å²) in [6.07, 6.45) is 3.01. The third-order valence-electron chi connectivity index (χ3n) is 2.75. The van der Waals surface area contributed by atoms with E-state index >= 15 is 0 Å². The van der Waals surface area contributed by atoms with Crippen LogP contribution in [0.4, 0.5) is 11.4 Å². The van der Waals surface area contributed by atoms with Crippen LogP contribution >= 0.6 is 11.8 Å². The molecular formula is C15H18N2O2S. The monoisotopic (exact) mass is 290 g/mol. The van der Waals surface area contributed by atoms with Crippen LogP contribution in [0.25, 0.3) is 0 Å². The number of carbonyl (C=O) groups excluding carboxylic acids is 1. The second-order valence-electron chi connectivity index (χ2n) is 4.37. The van der Waals surface area contributed by atoms with Crippen LogP contribution in [-0.4, -0.2) is 11.7 Å². The number of benzene rings is 1. The first-order chi connectivity index (χ1) is 9.75. The quantitative estimate of drug-likeness (QED) is 0.605. The predicted molar refractivity (Wildman–Crippen MR) is 83.6 cm³/mol. The lowest BCUT2D eigenvalue weighted by atomic mass is 10.2. The zero-order valence-corrected chi connectivity index (χ0v) is 12.0. The van der Waals surface area contributed by atoms with Gasteiger partial charge in [0, 0.05) is 6.42 Å². The molecule has 2 aromatic rings. The topological polar surface area (TPSA) is 68.3 Å². The van der Waals surface area contributed by atoms with E-state index in [1.807, 2.05) is 24.3 Å². The van der Waals surface area contributed by atoms with Crippen LogP contribution in [0.3, 0.4) is 0 Å². The van der Waals surface area contributed by atoms with Crippen LogP contribution in [0.15, 0.2) is 47.1 Å². The maximum absolute atomic E-state index is 11.8. The van der Waals surface area contributed by atoms with Crippen LogP contribution in [0.1, 0.15) is 18.6 Å². The Hall–Kier alpha value is -1.88. The molecule has 4 nitrogen and oxygen atoms in total. The van der Waals surface area contributed by atoms with Crippen LogP contribution in [0.5, 0.6) is 0 Å². The average Bonchev–Trinajstić information content (AvgIpc) is 2.94. The SMILES string of the molecule is Nc1ccccc1NC(=O)CCCSCc1ccco1. The molecule has 0 spiro atoms. The normalized spacial score (nSPS) is 10.4. The van der Waals surface area contributed by atoms with Crippen molar-refractivity contribution in [2.24, 2.45) is 0 Å². The van der Waals surface area contributed by atoms with Gasteiger partial charge in [-0.05, 0) is 36.4 Å². The van der Waals surface area contributed by atoms with Gasteiger partial charge in [-0.3, -0.25) is 4.79 Å². The Morgan fingerprint density at radius 2 is 2.10 bits per heavy atom. The standard InChI is InChI=1S/C15H18N2O2S/c16-13-6-1-2-7-14(13)17-15(18)8-4-10-20-11-12-5-3-9-19-12/h1-3,5-7,9H,4,8,10-11,16H2,(H,17,18). The number of thioether (sulfide) groups is 1. The summed E-state index contributed by atoms with van der Waals surface area (Å²) >= 11 is 1.76. The molecule has 0 fully saturated rings. The number of para-hydroxylation sites is 2. The number of carbonyl (C=O) groups is 1. The Kier molecular flexibility index (Phi) is 5.55. The van der Waals surface area contributed by atoms with Crippen molar-refractivity contribution in [2.75, 3.05) is 16.8 Å². The summed E-state index contributed by atoms with van der Waals surface area (Å²) in [6, 6.07) is 11.1. The highest BCUT2D eigenvalue weighted by Crippen LogP contribution is 2.18. The fraction of sp³-hybridized carbons (Fsp3) is 0.267. The van der Waals surface area contributed by atoms with E-state index in [9.17, 15) is 4.79 Å². The van der Waals surface area contributed by atoms with Gasteiger partial charge >= 0.3 is 0 Å². The molecule has 0 aliphatic heterocycles. The molecule has 5 heteroatoms. The zero-order valence-electron chi connectivity index (χ0n) is 11.2. The summed E-state index contributed by atoms with van der Waals surface area (Å²) in [5.74, 6) is 2.75. The summed E-state index contributed by atoms with van der Waals surface area (Å²) in [4.78, 5) is 11.8. The summed E-state index contributed by atoms with van der Waals surface area (Å²) < 4.78 is 5.24. The van der Waals surface area contributed by atoms with Gasteiger partial charge in [0.25, 0.3) is 0 Å². The third kappa shape index (κ3) is 4.66. The van der Waals surface area contributed by atoms with E-state index in [1.165, 1.54) is 0 Å². The first kappa shape index (κ1) is 14.5. The second-order valence-corrected chi connectivity index (χ2v) is 5.48. The van der Waals surface area contributed by atoms with E-state index in [-0.39, 0.29) is 5.91 Å². The Bertz CT molecular complexity index is 541. The molecular weight excluding hydrogens is 272 g/mol. The highest BCUT2D eigenvalue weighted by molar-refractivity contribution is 7.98. The maximum Gasteiger partial charge on any atom is 0.224 e. The van der Waals surface area contributed by atoms with Crippen molar-refractivity contribution in [3.8, 4) is 0 Å². The molecule has 0 aliphatic rings. The van der Waals surface area contributed by atoms with Crippen LogP contribution in [0, 0.1) is 0 Å². The number of nitrogens with two attached hydrogens (primary N) is 1. The molecule has 0 saturated carbocycles. The van der Waals surface area contributed by atoms with Gasteiger partial charge in [0.15, 0.2) is 0 Å².